The molecule has 1 aliphatic rings. The Bertz CT molecular complexity index is 490. The quantitative estimate of drug-likeness (QED) is 0.834. The van der Waals surface area contributed by atoms with Crippen LogP contribution in [0.1, 0.15) is 5.56 Å². The van der Waals surface area contributed by atoms with Crippen LogP contribution < -0.4 is 5.32 Å². The molecule has 0 aromatic heterocycles. The van der Waals surface area contributed by atoms with Crippen LogP contribution in [0.25, 0.3) is 0 Å². The average Bonchev–Trinajstić information content (AvgIpc) is 2.86. The second kappa shape index (κ2) is 6.76. The van der Waals surface area contributed by atoms with Crippen molar-refractivity contribution in [3.05, 3.63) is 29.8 Å². The number of hydrogen-bond acceptors (Lipinski definition) is 4. The normalized spacial score (nSPS) is 14.8. The Morgan fingerprint density at radius 3 is 2.65 bits per heavy atom. The lowest BCUT2D eigenvalue weighted by Gasteiger charge is -2.19. The minimum atomic E-state index is -0.285. The molecule has 20 heavy (non-hydrogen) atoms. The lowest BCUT2D eigenvalue weighted by atomic mass is 10.2. The molecule has 0 unspecified atom stereocenters. The summed E-state index contributed by atoms with van der Waals surface area (Å²) >= 11 is 1.71. The van der Waals surface area contributed by atoms with E-state index in [4.69, 9.17) is 0 Å². The molecule has 108 valence electrons. The Morgan fingerprint density at radius 1 is 1.40 bits per heavy atom. The molecule has 1 aromatic rings. The van der Waals surface area contributed by atoms with Gasteiger partial charge in [0.2, 0.25) is 5.91 Å². The summed E-state index contributed by atoms with van der Waals surface area (Å²) < 4.78 is 0. The molecule has 0 aliphatic carbocycles. The maximum atomic E-state index is 12.0. The topological polar surface area (TPSA) is 52.7 Å². The van der Waals surface area contributed by atoms with Gasteiger partial charge in [0.15, 0.2) is 0 Å². The summed E-state index contributed by atoms with van der Waals surface area (Å²) in [4.78, 5) is 27.8. The highest BCUT2D eigenvalue weighted by molar-refractivity contribution is 7.98. The molecule has 1 aliphatic heterocycles. The molecule has 1 fully saturated rings. The van der Waals surface area contributed by atoms with Crippen molar-refractivity contribution in [3.8, 4) is 0 Å². The standard InChI is InChI=1S/C14H19N3O2S/c1-16(9-11-3-5-12(20-2)6-4-11)10-13(18)17-8-7-15-14(17)19/h3-6H,7-10H2,1-2H3,(H,15,19). The van der Waals surface area contributed by atoms with E-state index in [1.807, 2.05) is 18.2 Å². The van der Waals surface area contributed by atoms with Crippen molar-refractivity contribution >= 4 is 23.7 Å². The molecule has 0 radical (unpaired) electrons. The first-order chi connectivity index (χ1) is 9.60. The highest BCUT2D eigenvalue weighted by Gasteiger charge is 2.26. The fraction of sp³-hybridized carbons (Fsp3) is 0.429. The molecular weight excluding hydrogens is 274 g/mol. The highest BCUT2D eigenvalue weighted by Crippen LogP contribution is 2.15. The van der Waals surface area contributed by atoms with Gasteiger partial charge in [0.25, 0.3) is 0 Å². The van der Waals surface area contributed by atoms with E-state index >= 15 is 0 Å². The van der Waals surface area contributed by atoms with Crippen molar-refractivity contribution < 1.29 is 9.59 Å². The minimum Gasteiger partial charge on any atom is -0.336 e. The summed E-state index contributed by atoms with van der Waals surface area (Å²) in [7, 11) is 1.88. The third kappa shape index (κ3) is 3.74. The van der Waals surface area contributed by atoms with Gasteiger partial charge in [-0.15, -0.1) is 11.8 Å². The number of thioether (sulfide) groups is 1. The van der Waals surface area contributed by atoms with Crippen LogP contribution in [0.15, 0.2) is 29.2 Å². The zero-order valence-electron chi connectivity index (χ0n) is 11.8. The van der Waals surface area contributed by atoms with E-state index in [1.54, 1.807) is 11.8 Å². The van der Waals surface area contributed by atoms with E-state index in [9.17, 15) is 9.59 Å². The Balaban J connectivity index is 1.86. The van der Waals surface area contributed by atoms with Crippen molar-refractivity contribution in [3.63, 3.8) is 0 Å². The Kier molecular flexibility index (Phi) is 5.03. The molecule has 1 N–H and O–H groups in total. The van der Waals surface area contributed by atoms with Crippen LogP contribution in [0, 0.1) is 0 Å². The van der Waals surface area contributed by atoms with Gasteiger partial charge in [-0.2, -0.15) is 0 Å². The Labute approximate surface area is 123 Å². The monoisotopic (exact) mass is 293 g/mol. The van der Waals surface area contributed by atoms with E-state index in [0.29, 0.717) is 19.6 Å². The molecule has 1 aromatic carbocycles. The first-order valence-electron chi connectivity index (χ1n) is 6.50. The van der Waals surface area contributed by atoms with Crippen LogP contribution in [0.4, 0.5) is 4.79 Å². The largest absolute Gasteiger partial charge is 0.336 e. The Morgan fingerprint density at radius 2 is 2.10 bits per heavy atom. The highest BCUT2D eigenvalue weighted by atomic mass is 32.2. The zero-order chi connectivity index (χ0) is 14.5. The maximum absolute atomic E-state index is 12.0. The van der Waals surface area contributed by atoms with Crippen LogP contribution in [-0.2, 0) is 11.3 Å². The number of carbonyl (C=O) groups is 2. The van der Waals surface area contributed by atoms with Gasteiger partial charge in [0.05, 0.1) is 6.54 Å². The minimum absolute atomic E-state index is 0.150. The van der Waals surface area contributed by atoms with Gasteiger partial charge in [0, 0.05) is 24.5 Å². The lowest BCUT2D eigenvalue weighted by Crippen LogP contribution is -2.40. The third-order valence-electron chi connectivity index (χ3n) is 3.17. The number of carbonyl (C=O) groups excluding carboxylic acids is 2. The molecule has 0 atom stereocenters. The lowest BCUT2D eigenvalue weighted by molar-refractivity contribution is -0.128. The van der Waals surface area contributed by atoms with Gasteiger partial charge in [-0.05, 0) is 31.0 Å². The summed E-state index contributed by atoms with van der Waals surface area (Å²) in [6.07, 6.45) is 2.04. The molecular formula is C14H19N3O2S. The SMILES string of the molecule is CSc1ccc(CN(C)CC(=O)N2CCNC2=O)cc1. The number of likely N-dealkylation sites (N-methyl/N-ethyl adjacent to an activating group) is 1. The Hall–Kier alpha value is -1.53. The summed E-state index contributed by atoms with van der Waals surface area (Å²) in [5.74, 6) is -0.150. The number of nitrogens with one attached hydrogen (secondary N) is 1. The molecule has 1 heterocycles. The van der Waals surface area contributed by atoms with Crippen molar-refractivity contribution in [1.82, 2.24) is 15.1 Å². The van der Waals surface area contributed by atoms with Gasteiger partial charge in [-0.25, -0.2) is 4.79 Å². The smallest absolute Gasteiger partial charge is 0.324 e. The first kappa shape index (κ1) is 14.9. The average molecular weight is 293 g/mol. The molecule has 2 rings (SSSR count). The predicted molar refractivity (Wildman–Crippen MR) is 79.7 cm³/mol. The van der Waals surface area contributed by atoms with Gasteiger partial charge in [0.1, 0.15) is 0 Å². The third-order valence-corrected chi connectivity index (χ3v) is 3.92. The maximum Gasteiger partial charge on any atom is 0.324 e. The van der Waals surface area contributed by atoms with Gasteiger partial charge in [-0.1, -0.05) is 12.1 Å². The van der Waals surface area contributed by atoms with Crippen LogP contribution in [0.5, 0.6) is 0 Å². The number of nitrogens with zero attached hydrogens (tertiary/aromatic N) is 2. The summed E-state index contributed by atoms with van der Waals surface area (Å²) in [6, 6.07) is 7.99. The molecule has 0 bridgehead atoms. The van der Waals surface area contributed by atoms with E-state index in [1.165, 1.54) is 9.80 Å². The molecule has 5 nitrogen and oxygen atoms in total. The number of amides is 3. The number of rotatable bonds is 5. The summed E-state index contributed by atoms with van der Waals surface area (Å²) in [6.45, 7) is 1.95. The summed E-state index contributed by atoms with van der Waals surface area (Å²) in [5.41, 5.74) is 1.16. The van der Waals surface area contributed by atoms with E-state index in [-0.39, 0.29) is 18.5 Å². The second-order valence-electron chi connectivity index (χ2n) is 4.80. The zero-order valence-corrected chi connectivity index (χ0v) is 12.6. The fourth-order valence-corrected chi connectivity index (χ4v) is 2.53. The summed E-state index contributed by atoms with van der Waals surface area (Å²) in [5, 5.41) is 2.63. The van der Waals surface area contributed by atoms with Crippen molar-refractivity contribution in [2.45, 2.75) is 11.4 Å². The molecule has 6 heteroatoms. The van der Waals surface area contributed by atoms with Crippen LogP contribution in [0.2, 0.25) is 0 Å². The number of benzene rings is 1. The molecule has 0 saturated carbocycles. The molecule has 0 spiro atoms. The van der Waals surface area contributed by atoms with Crippen molar-refractivity contribution in [2.75, 3.05) is 32.9 Å². The van der Waals surface area contributed by atoms with Gasteiger partial charge in [-0.3, -0.25) is 14.6 Å². The van der Waals surface area contributed by atoms with E-state index < -0.39 is 0 Å². The van der Waals surface area contributed by atoms with Crippen molar-refractivity contribution in [1.29, 1.82) is 0 Å². The number of urea groups is 1. The van der Waals surface area contributed by atoms with Gasteiger partial charge < -0.3 is 5.32 Å². The van der Waals surface area contributed by atoms with E-state index in [2.05, 4.69) is 29.6 Å². The van der Waals surface area contributed by atoms with Crippen molar-refractivity contribution in [2.24, 2.45) is 0 Å². The number of hydrogen-bond donors (Lipinski definition) is 1. The van der Waals surface area contributed by atoms with E-state index in [0.717, 1.165) is 5.56 Å². The van der Waals surface area contributed by atoms with Gasteiger partial charge >= 0.3 is 6.03 Å². The first-order valence-corrected chi connectivity index (χ1v) is 7.72. The molecule has 1 saturated heterocycles. The molecule has 3 amide bonds. The number of imide groups is 1. The fourth-order valence-electron chi connectivity index (χ4n) is 2.12. The second-order valence-corrected chi connectivity index (χ2v) is 5.68. The van der Waals surface area contributed by atoms with Crippen LogP contribution in [0.3, 0.4) is 0 Å². The van der Waals surface area contributed by atoms with Crippen LogP contribution in [-0.4, -0.2) is 54.7 Å². The predicted octanol–water partition coefficient (Wildman–Crippen LogP) is 1.39. The van der Waals surface area contributed by atoms with Crippen LogP contribution >= 0.6 is 11.8 Å².